The standard InChI is InChI=1S/C15H16O5/c1-9(2)7-12(14(16)17)20-15(18)13-8-10-5-3-4-6-11(10)19-13/h3-6,8-9,12H,7H2,1-2H3,(H,16,17)/t12-/m1/s1. The van der Waals surface area contributed by atoms with E-state index in [2.05, 4.69) is 0 Å². The fourth-order valence-corrected chi connectivity index (χ4v) is 1.90. The van der Waals surface area contributed by atoms with Gasteiger partial charge in [0.05, 0.1) is 0 Å². The van der Waals surface area contributed by atoms with Gasteiger partial charge in [0.2, 0.25) is 5.76 Å². The Morgan fingerprint density at radius 1 is 1.30 bits per heavy atom. The topological polar surface area (TPSA) is 76.7 Å². The number of hydrogen-bond donors (Lipinski definition) is 1. The first-order valence-corrected chi connectivity index (χ1v) is 6.39. The Balaban J connectivity index is 2.15. The minimum atomic E-state index is -1.16. The van der Waals surface area contributed by atoms with Crippen molar-refractivity contribution in [3.05, 3.63) is 36.1 Å². The number of benzene rings is 1. The molecule has 0 radical (unpaired) electrons. The molecule has 0 aliphatic rings. The molecule has 0 aliphatic carbocycles. The number of hydrogen-bond acceptors (Lipinski definition) is 4. The molecule has 5 heteroatoms. The second kappa shape index (κ2) is 5.77. The molecule has 0 amide bonds. The number of rotatable bonds is 5. The first kappa shape index (κ1) is 14.1. The lowest BCUT2D eigenvalue weighted by Gasteiger charge is -2.14. The average Bonchev–Trinajstić information content (AvgIpc) is 2.81. The number of carbonyl (C=O) groups is 2. The molecule has 0 aliphatic heterocycles. The summed E-state index contributed by atoms with van der Waals surface area (Å²) in [4.78, 5) is 23.0. The summed E-state index contributed by atoms with van der Waals surface area (Å²) in [6.45, 7) is 3.73. The molecule has 1 heterocycles. The predicted molar refractivity (Wildman–Crippen MR) is 72.5 cm³/mol. The molecule has 2 aromatic rings. The van der Waals surface area contributed by atoms with Gasteiger partial charge in [-0.2, -0.15) is 0 Å². The normalized spacial score (nSPS) is 12.6. The van der Waals surface area contributed by atoms with Crippen LogP contribution in [0.1, 0.15) is 30.8 Å². The van der Waals surface area contributed by atoms with Gasteiger partial charge in [-0.1, -0.05) is 32.0 Å². The lowest BCUT2D eigenvalue weighted by molar-refractivity contribution is -0.148. The van der Waals surface area contributed by atoms with Gasteiger partial charge < -0.3 is 14.3 Å². The zero-order chi connectivity index (χ0) is 14.7. The number of furan rings is 1. The molecular formula is C15H16O5. The van der Waals surface area contributed by atoms with Crippen LogP contribution in [0.2, 0.25) is 0 Å². The van der Waals surface area contributed by atoms with E-state index in [-0.39, 0.29) is 18.1 Å². The summed E-state index contributed by atoms with van der Waals surface area (Å²) in [6, 6.07) is 8.70. The third kappa shape index (κ3) is 3.17. The molecule has 1 atom stereocenters. The van der Waals surface area contributed by atoms with Crippen molar-refractivity contribution in [3.8, 4) is 0 Å². The number of para-hydroxylation sites is 1. The molecule has 0 fully saturated rings. The summed E-state index contributed by atoms with van der Waals surface area (Å²) in [6.07, 6.45) is -0.892. The highest BCUT2D eigenvalue weighted by Gasteiger charge is 2.25. The van der Waals surface area contributed by atoms with E-state index in [1.54, 1.807) is 24.3 Å². The number of aliphatic carboxylic acids is 1. The number of carboxylic acid groups (broad SMARTS) is 1. The molecule has 5 nitrogen and oxygen atoms in total. The van der Waals surface area contributed by atoms with Crippen LogP contribution in [0, 0.1) is 5.92 Å². The average molecular weight is 276 g/mol. The molecule has 0 saturated heterocycles. The maximum absolute atomic E-state index is 11.9. The highest BCUT2D eigenvalue weighted by molar-refractivity contribution is 5.93. The number of fused-ring (bicyclic) bond motifs is 1. The molecular weight excluding hydrogens is 260 g/mol. The Labute approximate surface area is 116 Å². The van der Waals surface area contributed by atoms with Gasteiger partial charge in [-0.25, -0.2) is 9.59 Å². The summed E-state index contributed by atoms with van der Waals surface area (Å²) < 4.78 is 10.4. The zero-order valence-corrected chi connectivity index (χ0v) is 11.3. The molecule has 106 valence electrons. The Morgan fingerprint density at radius 3 is 2.60 bits per heavy atom. The maximum Gasteiger partial charge on any atom is 0.375 e. The summed E-state index contributed by atoms with van der Waals surface area (Å²) in [5.74, 6) is -1.78. The Hall–Kier alpha value is -2.30. The van der Waals surface area contributed by atoms with Crippen LogP contribution >= 0.6 is 0 Å². The van der Waals surface area contributed by atoms with E-state index in [0.29, 0.717) is 5.58 Å². The smallest absolute Gasteiger partial charge is 0.375 e. The van der Waals surface area contributed by atoms with E-state index < -0.39 is 18.0 Å². The fraction of sp³-hybridized carbons (Fsp3) is 0.333. The number of ether oxygens (including phenoxy) is 1. The van der Waals surface area contributed by atoms with Crippen LogP contribution in [0.3, 0.4) is 0 Å². The van der Waals surface area contributed by atoms with Crippen LogP contribution in [-0.4, -0.2) is 23.1 Å². The minimum absolute atomic E-state index is 0.0150. The van der Waals surface area contributed by atoms with Gasteiger partial charge in [0.1, 0.15) is 5.58 Å². The summed E-state index contributed by atoms with van der Waals surface area (Å²) in [5, 5.41) is 9.82. The van der Waals surface area contributed by atoms with Gasteiger partial charge >= 0.3 is 11.9 Å². The van der Waals surface area contributed by atoms with E-state index in [0.717, 1.165) is 5.39 Å². The van der Waals surface area contributed by atoms with E-state index in [4.69, 9.17) is 14.3 Å². The van der Waals surface area contributed by atoms with Crippen LogP contribution in [0.4, 0.5) is 0 Å². The number of carboxylic acids is 1. The van der Waals surface area contributed by atoms with E-state index in [1.165, 1.54) is 0 Å². The van der Waals surface area contributed by atoms with Crippen LogP contribution in [0.15, 0.2) is 34.7 Å². The third-order valence-electron chi connectivity index (χ3n) is 2.84. The van der Waals surface area contributed by atoms with Crippen molar-refractivity contribution in [1.82, 2.24) is 0 Å². The van der Waals surface area contributed by atoms with Crippen molar-refractivity contribution in [2.45, 2.75) is 26.4 Å². The van der Waals surface area contributed by atoms with Crippen LogP contribution < -0.4 is 0 Å². The Bertz CT molecular complexity index is 593. The lowest BCUT2D eigenvalue weighted by Crippen LogP contribution is -2.28. The predicted octanol–water partition coefficient (Wildman–Crippen LogP) is 3.09. The molecule has 2 rings (SSSR count). The second-order valence-electron chi connectivity index (χ2n) is 5.01. The van der Waals surface area contributed by atoms with Gasteiger partial charge in [-0.3, -0.25) is 0 Å². The molecule has 0 bridgehead atoms. The summed E-state index contributed by atoms with van der Waals surface area (Å²) >= 11 is 0. The molecule has 20 heavy (non-hydrogen) atoms. The highest BCUT2D eigenvalue weighted by Crippen LogP contribution is 2.20. The van der Waals surface area contributed by atoms with Crippen molar-refractivity contribution in [2.24, 2.45) is 5.92 Å². The van der Waals surface area contributed by atoms with Crippen LogP contribution in [0.5, 0.6) is 0 Å². The highest BCUT2D eigenvalue weighted by atomic mass is 16.6. The first-order valence-electron chi connectivity index (χ1n) is 6.39. The molecule has 0 spiro atoms. The fourth-order valence-electron chi connectivity index (χ4n) is 1.90. The Morgan fingerprint density at radius 2 is 2.00 bits per heavy atom. The Kier molecular flexibility index (Phi) is 4.08. The molecule has 1 aromatic heterocycles. The molecule has 0 unspecified atom stereocenters. The minimum Gasteiger partial charge on any atom is -0.479 e. The second-order valence-corrected chi connectivity index (χ2v) is 5.01. The van der Waals surface area contributed by atoms with Crippen molar-refractivity contribution in [2.75, 3.05) is 0 Å². The van der Waals surface area contributed by atoms with Gasteiger partial charge in [0, 0.05) is 5.39 Å². The van der Waals surface area contributed by atoms with Gasteiger partial charge in [-0.15, -0.1) is 0 Å². The maximum atomic E-state index is 11.9. The van der Waals surface area contributed by atoms with Crippen molar-refractivity contribution in [1.29, 1.82) is 0 Å². The first-order chi connectivity index (χ1) is 9.47. The van der Waals surface area contributed by atoms with Crippen LogP contribution in [0.25, 0.3) is 11.0 Å². The molecule has 0 saturated carbocycles. The van der Waals surface area contributed by atoms with Gasteiger partial charge in [0.15, 0.2) is 6.10 Å². The quantitative estimate of drug-likeness (QED) is 0.849. The van der Waals surface area contributed by atoms with Crippen molar-refractivity contribution >= 4 is 22.9 Å². The van der Waals surface area contributed by atoms with E-state index in [1.807, 2.05) is 19.9 Å². The molecule has 1 N–H and O–H groups in total. The van der Waals surface area contributed by atoms with E-state index >= 15 is 0 Å². The van der Waals surface area contributed by atoms with Crippen molar-refractivity contribution in [3.63, 3.8) is 0 Å². The van der Waals surface area contributed by atoms with Gasteiger partial charge in [-0.05, 0) is 24.5 Å². The summed E-state index contributed by atoms with van der Waals surface area (Å²) in [5.41, 5.74) is 0.565. The van der Waals surface area contributed by atoms with Gasteiger partial charge in [0.25, 0.3) is 0 Å². The monoisotopic (exact) mass is 276 g/mol. The largest absolute Gasteiger partial charge is 0.479 e. The lowest BCUT2D eigenvalue weighted by atomic mass is 10.1. The van der Waals surface area contributed by atoms with Crippen LogP contribution in [-0.2, 0) is 9.53 Å². The summed E-state index contributed by atoms with van der Waals surface area (Å²) in [7, 11) is 0. The third-order valence-corrected chi connectivity index (χ3v) is 2.84. The zero-order valence-electron chi connectivity index (χ0n) is 11.3. The van der Waals surface area contributed by atoms with Crippen molar-refractivity contribution < 1.29 is 23.8 Å². The number of esters is 1. The number of carbonyl (C=O) groups excluding carboxylic acids is 1. The van der Waals surface area contributed by atoms with E-state index in [9.17, 15) is 9.59 Å². The SMILES string of the molecule is CC(C)C[C@@H](OC(=O)c1cc2ccccc2o1)C(=O)O. The molecule has 1 aromatic carbocycles.